The Balaban J connectivity index is 1.99. The number of carbonyl (C=O) groups excluding carboxylic acids is 2. The van der Waals surface area contributed by atoms with Crippen LogP contribution in [-0.2, 0) is 4.79 Å². The number of non-ortho nitro benzene ring substituents is 1. The SMILES string of the molecule is CC[C@H](CNC(=O)[C@@H](C)Oc1ccc([N+](=O)[O-])cc1C=O)c1ccccc1. The molecular weight excluding hydrogens is 348 g/mol. The fourth-order valence-electron chi connectivity index (χ4n) is 2.68. The number of nitrogens with zero attached hydrogens (tertiary/aromatic N) is 1. The zero-order chi connectivity index (χ0) is 19.8. The monoisotopic (exact) mass is 370 g/mol. The fourth-order valence-corrected chi connectivity index (χ4v) is 2.68. The van der Waals surface area contributed by atoms with Gasteiger partial charge in [-0.1, -0.05) is 37.3 Å². The van der Waals surface area contributed by atoms with Crippen LogP contribution in [0.25, 0.3) is 0 Å². The molecule has 7 heteroatoms. The molecule has 0 fully saturated rings. The summed E-state index contributed by atoms with van der Waals surface area (Å²) < 4.78 is 5.54. The number of aldehydes is 1. The minimum atomic E-state index is -0.849. The molecule has 0 radical (unpaired) electrons. The van der Waals surface area contributed by atoms with Crippen molar-refractivity contribution < 1.29 is 19.2 Å². The Hall–Kier alpha value is -3.22. The van der Waals surface area contributed by atoms with Crippen molar-refractivity contribution in [2.45, 2.75) is 32.3 Å². The lowest BCUT2D eigenvalue weighted by Crippen LogP contribution is -2.38. The summed E-state index contributed by atoms with van der Waals surface area (Å²) in [4.78, 5) is 33.7. The molecule has 1 amide bonds. The van der Waals surface area contributed by atoms with Crippen LogP contribution in [0.5, 0.6) is 5.75 Å². The van der Waals surface area contributed by atoms with Crippen LogP contribution in [0.4, 0.5) is 5.69 Å². The Kier molecular flexibility index (Phi) is 7.05. The van der Waals surface area contributed by atoms with Crippen LogP contribution in [0, 0.1) is 10.1 Å². The molecule has 2 rings (SSSR count). The average molecular weight is 370 g/mol. The van der Waals surface area contributed by atoms with Gasteiger partial charge in [-0.25, -0.2) is 0 Å². The lowest BCUT2D eigenvalue weighted by Gasteiger charge is -2.19. The van der Waals surface area contributed by atoms with E-state index in [1.54, 1.807) is 6.92 Å². The highest BCUT2D eigenvalue weighted by molar-refractivity contribution is 5.83. The summed E-state index contributed by atoms with van der Waals surface area (Å²) >= 11 is 0. The molecule has 7 nitrogen and oxygen atoms in total. The van der Waals surface area contributed by atoms with Crippen LogP contribution < -0.4 is 10.1 Å². The standard InChI is InChI=1S/C20H22N2O5/c1-3-15(16-7-5-4-6-8-16)12-21-20(24)14(2)27-19-10-9-18(22(25)26)11-17(19)13-23/h4-11,13-15H,3,12H2,1-2H3,(H,21,24)/t14-,15-/m1/s1. The Labute approximate surface area is 157 Å². The van der Waals surface area contributed by atoms with E-state index in [2.05, 4.69) is 12.2 Å². The van der Waals surface area contributed by atoms with Crippen molar-refractivity contribution in [3.63, 3.8) is 0 Å². The quantitative estimate of drug-likeness (QED) is 0.414. The Morgan fingerprint density at radius 2 is 1.96 bits per heavy atom. The van der Waals surface area contributed by atoms with Crippen LogP contribution in [-0.4, -0.2) is 29.8 Å². The third-order valence-electron chi connectivity index (χ3n) is 4.29. The molecule has 0 spiro atoms. The second kappa shape index (κ2) is 9.47. The number of nitrogens with one attached hydrogen (secondary N) is 1. The zero-order valence-corrected chi connectivity index (χ0v) is 15.3. The van der Waals surface area contributed by atoms with Gasteiger partial charge in [-0.05, 0) is 25.0 Å². The average Bonchev–Trinajstić information content (AvgIpc) is 2.69. The first-order valence-corrected chi connectivity index (χ1v) is 8.69. The van der Waals surface area contributed by atoms with E-state index in [4.69, 9.17) is 4.74 Å². The van der Waals surface area contributed by atoms with Gasteiger partial charge >= 0.3 is 0 Å². The number of rotatable bonds is 9. The predicted octanol–water partition coefficient (Wildman–Crippen LogP) is 3.48. The fraction of sp³-hybridized carbons (Fsp3) is 0.300. The number of hydrogen-bond acceptors (Lipinski definition) is 5. The van der Waals surface area contributed by atoms with Gasteiger partial charge in [0.2, 0.25) is 0 Å². The van der Waals surface area contributed by atoms with Gasteiger partial charge in [0.15, 0.2) is 12.4 Å². The summed E-state index contributed by atoms with van der Waals surface area (Å²) in [6.07, 6.45) is 0.491. The number of amides is 1. The summed E-state index contributed by atoms with van der Waals surface area (Å²) in [5.74, 6) is 0.000180. The van der Waals surface area contributed by atoms with Crippen LogP contribution in [0.2, 0.25) is 0 Å². The predicted molar refractivity (Wildman–Crippen MR) is 101 cm³/mol. The van der Waals surface area contributed by atoms with Crippen LogP contribution in [0.15, 0.2) is 48.5 Å². The molecule has 0 aliphatic heterocycles. The largest absolute Gasteiger partial charge is 0.480 e. The summed E-state index contributed by atoms with van der Waals surface area (Å²) in [6.45, 7) is 4.08. The third kappa shape index (κ3) is 5.37. The molecule has 2 aromatic rings. The van der Waals surface area contributed by atoms with E-state index in [1.807, 2.05) is 30.3 Å². The Bertz CT molecular complexity index is 807. The van der Waals surface area contributed by atoms with Gasteiger partial charge in [0.25, 0.3) is 11.6 Å². The molecule has 0 aliphatic rings. The van der Waals surface area contributed by atoms with Crippen molar-refractivity contribution in [2.24, 2.45) is 0 Å². The van der Waals surface area contributed by atoms with Gasteiger partial charge < -0.3 is 10.1 Å². The number of nitro groups is 1. The number of hydrogen-bond donors (Lipinski definition) is 1. The van der Waals surface area contributed by atoms with E-state index in [1.165, 1.54) is 12.1 Å². The number of carbonyl (C=O) groups is 2. The minimum Gasteiger partial charge on any atom is -0.480 e. The van der Waals surface area contributed by atoms with E-state index >= 15 is 0 Å². The van der Waals surface area contributed by atoms with Crippen molar-refractivity contribution in [3.05, 3.63) is 69.8 Å². The van der Waals surface area contributed by atoms with Crippen molar-refractivity contribution in [3.8, 4) is 5.75 Å². The van der Waals surface area contributed by atoms with Crippen molar-refractivity contribution in [1.82, 2.24) is 5.32 Å². The molecule has 0 saturated carbocycles. The molecule has 1 N–H and O–H groups in total. The minimum absolute atomic E-state index is 0.0274. The molecule has 0 aliphatic carbocycles. The summed E-state index contributed by atoms with van der Waals surface area (Å²) in [5, 5.41) is 13.6. The highest BCUT2D eigenvalue weighted by Crippen LogP contribution is 2.24. The maximum atomic E-state index is 12.3. The second-order valence-corrected chi connectivity index (χ2v) is 6.12. The van der Waals surface area contributed by atoms with Crippen molar-refractivity contribution in [1.29, 1.82) is 0 Å². The van der Waals surface area contributed by atoms with Crippen LogP contribution in [0.3, 0.4) is 0 Å². The highest BCUT2D eigenvalue weighted by atomic mass is 16.6. The Morgan fingerprint density at radius 3 is 2.56 bits per heavy atom. The summed E-state index contributed by atoms with van der Waals surface area (Å²) in [6, 6.07) is 13.6. The van der Waals surface area contributed by atoms with E-state index in [9.17, 15) is 19.7 Å². The lowest BCUT2D eigenvalue weighted by atomic mass is 9.96. The number of ether oxygens (including phenoxy) is 1. The first kappa shape index (κ1) is 20.1. The summed E-state index contributed by atoms with van der Waals surface area (Å²) in [7, 11) is 0. The van der Waals surface area contributed by atoms with Gasteiger partial charge in [0.05, 0.1) is 10.5 Å². The first-order valence-electron chi connectivity index (χ1n) is 8.69. The van der Waals surface area contributed by atoms with Crippen LogP contribution >= 0.6 is 0 Å². The van der Waals surface area contributed by atoms with E-state index in [-0.39, 0.29) is 28.8 Å². The molecule has 0 heterocycles. The van der Waals surface area contributed by atoms with Crippen molar-refractivity contribution >= 4 is 17.9 Å². The molecule has 27 heavy (non-hydrogen) atoms. The van der Waals surface area contributed by atoms with Gasteiger partial charge in [0, 0.05) is 24.6 Å². The van der Waals surface area contributed by atoms with E-state index < -0.39 is 11.0 Å². The molecular formula is C20H22N2O5. The summed E-state index contributed by atoms with van der Waals surface area (Å²) in [5.41, 5.74) is 0.960. The molecule has 2 atom stereocenters. The van der Waals surface area contributed by atoms with E-state index in [0.29, 0.717) is 12.8 Å². The molecule has 0 aromatic heterocycles. The van der Waals surface area contributed by atoms with Gasteiger partial charge in [-0.2, -0.15) is 0 Å². The maximum Gasteiger partial charge on any atom is 0.270 e. The number of benzene rings is 2. The lowest BCUT2D eigenvalue weighted by molar-refractivity contribution is -0.384. The first-order chi connectivity index (χ1) is 13.0. The zero-order valence-electron chi connectivity index (χ0n) is 15.3. The number of nitro benzene ring substituents is 1. The normalized spacial score (nSPS) is 12.7. The smallest absolute Gasteiger partial charge is 0.270 e. The van der Waals surface area contributed by atoms with Gasteiger partial charge in [0.1, 0.15) is 5.75 Å². The molecule has 0 unspecified atom stereocenters. The van der Waals surface area contributed by atoms with Gasteiger partial charge in [-0.3, -0.25) is 19.7 Å². The molecule has 0 bridgehead atoms. The highest BCUT2D eigenvalue weighted by Gasteiger charge is 2.19. The molecule has 142 valence electrons. The topological polar surface area (TPSA) is 98.5 Å². The van der Waals surface area contributed by atoms with Gasteiger partial charge in [-0.15, -0.1) is 0 Å². The van der Waals surface area contributed by atoms with Crippen LogP contribution in [0.1, 0.15) is 42.1 Å². The molecule has 0 saturated heterocycles. The molecule has 2 aromatic carbocycles. The second-order valence-electron chi connectivity index (χ2n) is 6.12. The van der Waals surface area contributed by atoms with E-state index in [0.717, 1.165) is 18.1 Å². The Morgan fingerprint density at radius 1 is 1.26 bits per heavy atom. The maximum absolute atomic E-state index is 12.3. The van der Waals surface area contributed by atoms with Crippen molar-refractivity contribution in [2.75, 3.05) is 6.54 Å². The third-order valence-corrected chi connectivity index (χ3v) is 4.29.